The van der Waals surface area contributed by atoms with Gasteiger partial charge < -0.3 is 14.5 Å². The van der Waals surface area contributed by atoms with Gasteiger partial charge in [-0.05, 0) is 31.2 Å². The van der Waals surface area contributed by atoms with Gasteiger partial charge in [0.1, 0.15) is 0 Å². The summed E-state index contributed by atoms with van der Waals surface area (Å²) in [5.74, 6) is 0.330. The van der Waals surface area contributed by atoms with E-state index in [2.05, 4.69) is 21.7 Å². The number of H-pyrrole nitrogens is 1. The van der Waals surface area contributed by atoms with Crippen LogP contribution in [0.3, 0.4) is 0 Å². The van der Waals surface area contributed by atoms with Gasteiger partial charge in [0.15, 0.2) is 12.4 Å². The molecule has 1 aliphatic heterocycles. The van der Waals surface area contributed by atoms with Crippen molar-refractivity contribution in [2.24, 2.45) is 7.05 Å². The lowest BCUT2D eigenvalue weighted by Gasteiger charge is -2.42. The molecule has 0 amide bonds. The van der Waals surface area contributed by atoms with E-state index in [1.807, 2.05) is 36.7 Å². The number of benzene rings is 1. The molecule has 31 heavy (non-hydrogen) atoms. The Hall–Kier alpha value is -3.68. The Morgan fingerprint density at radius 3 is 2.48 bits per heavy atom. The number of hydrogen-bond acceptors (Lipinski definition) is 6. The lowest BCUT2D eigenvalue weighted by Crippen LogP contribution is -2.53. The van der Waals surface area contributed by atoms with Crippen molar-refractivity contribution in [3.63, 3.8) is 0 Å². The molecular formula is C23H26N5O3+. The number of nitrogens with one attached hydrogen (secondary N) is 1. The zero-order chi connectivity index (χ0) is 22.0. The van der Waals surface area contributed by atoms with Crippen LogP contribution in [0.5, 0.6) is 0 Å². The van der Waals surface area contributed by atoms with Crippen LogP contribution in [-0.2, 0) is 11.8 Å². The molecule has 0 saturated carbocycles. The van der Waals surface area contributed by atoms with Crippen LogP contribution in [0.1, 0.15) is 17.3 Å². The van der Waals surface area contributed by atoms with E-state index in [-0.39, 0.29) is 17.6 Å². The molecule has 8 heteroatoms. The van der Waals surface area contributed by atoms with Crippen molar-refractivity contribution in [3.8, 4) is 11.3 Å². The number of carbonyl (C=O) groups excluding carboxylic acids is 1. The highest BCUT2D eigenvalue weighted by molar-refractivity contribution is 5.89. The van der Waals surface area contributed by atoms with Crippen LogP contribution >= 0.6 is 0 Å². The zero-order valence-corrected chi connectivity index (χ0v) is 17.9. The molecule has 0 spiro atoms. The maximum atomic E-state index is 12.6. The van der Waals surface area contributed by atoms with E-state index in [0.717, 1.165) is 30.9 Å². The third-order valence-corrected chi connectivity index (χ3v) is 5.66. The first kappa shape index (κ1) is 20.6. The van der Waals surface area contributed by atoms with Crippen LogP contribution < -0.4 is 20.3 Å². The summed E-state index contributed by atoms with van der Waals surface area (Å²) >= 11 is 0. The van der Waals surface area contributed by atoms with Crippen molar-refractivity contribution in [1.29, 1.82) is 0 Å². The smallest absolute Gasteiger partial charge is 0.337 e. The quantitative estimate of drug-likeness (QED) is 0.599. The Morgan fingerprint density at radius 1 is 1.13 bits per heavy atom. The SMILES string of the molecule is COC(=O)c1ccc(N2CCN(c3nc(-c4cc[nH+]cc4)cc(=O)n3C)[C@H](C)C2)cc1. The van der Waals surface area contributed by atoms with Crippen molar-refractivity contribution in [2.45, 2.75) is 13.0 Å². The van der Waals surface area contributed by atoms with Gasteiger partial charge >= 0.3 is 5.97 Å². The Morgan fingerprint density at radius 2 is 1.84 bits per heavy atom. The highest BCUT2D eigenvalue weighted by Gasteiger charge is 2.27. The monoisotopic (exact) mass is 420 g/mol. The molecule has 1 aromatic carbocycles. The minimum atomic E-state index is -0.340. The number of methoxy groups -OCH3 is 1. The molecule has 160 valence electrons. The number of aromatic amines is 1. The summed E-state index contributed by atoms with van der Waals surface area (Å²) in [6.45, 7) is 4.41. The van der Waals surface area contributed by atoms with Gasteiger partial charge in [0.2, 0.25) is 5.95 Å². The second-order valence-corrected chi connectivity index (χ2v) is 7.65. The summed E-state index contributed by atoms with van der Waals surface area (Å²) in [6, 6.07) is 13.0. The van der Waals surface area contributed by atoms with Crippen LogP contribution in [0.2, 0.25) is 0 Å². The highest BCUT2D eigenvalue weighted by atomic mass is 16.5. The molecule has 8 nitrogen and oxygen atoms in total. The maximum absolute atomic E-state index is 12.6. The molecule has 2 aromatic heterocycles. The molecule has 3 aromatic rings. The average molecular weight is 420 g/mol. The van der Waals surface area contributed by atoms with E-state index >= 15 is 0 Å². The lowest BCUT2D eigenvalue weighted by molar-refractivity contribution is -0.377. The van der Waals surface area contributed by atoms with Crippen molar-refractivity contribution in [1.82, 2.24) is 9.55 Å². The Kier molecular flexibility index (Phi) is 5.70. The third-order valence-electron chi connectivity index (χ3n) is 5.66. The number of esters is 1. The standard InChI is InChI=1S/C23H25N5O3/c1-16-15-27(19-6-4-18(5-7-19)22(30)31-3)12-13-28(16)23-25-20(14-21(29)26(23)2)17-8-10-24-11-9-17/h4-11,14,16H,12-13,15H2,1-3H3/p+1/t16-/m1/s1. The van der Waals surface area contributed by atoms with E-state index in [9.17, 15) is 9.59 Å². The van der Waals surface area contributed by atoms with Gasteiger partial charge in [0.25, 0.3) is 5.56 Å². The largest absolute Gasteiger partial charge is 0.465 e. The number of hydrogen-bond donors (Lipinski definition) is 0. The second kappa shape index (κ2) is 8.59. The predicted molar refractivity (Wildman–Crippen MR) is 118 cm³/mol. The molecule has 1 aliphatic rings. The highest BCUT2D eigenvalue weighted by Crippen LogP contribution is 2.24. The topological polar surface area (TPSA) is 81.8 Å². The maximum Gasteiger partial charge on any atom is 0.337 e. The number of anilines is 2. The fourth-order valence-electron chi connectivity index (χ4n) is 3.91. The zero-order valence-electron chi connectivity index (χ0n) is 17.9. The lowest BCUT2D eigenvalue weighted by atomic mass is 10.1. The summed E-state index contributed by atoms with van der Waals surface area (Å²) in [5.41, 5.74) is 3.07. The average Bonchev–Trinajstić information content (AvgIpc) is 2.81. The summed E-state index contributed by atoms with van der Waals surface area (Å²) < 4.78 is 6.38. The summed E-state index contributed by atoms with van der Waals surface area (Å²) in [4.78, 5) is 36.6. The summed E-state index contributed by atoms with van der Waals surface area (Å²) in [5, 5.41) is 0. The summed E-state index contributed by atoms with van der Waals surface area (Å²) in [6.07, 6.45) is 3.64. The number of aromatic nitrogens is 3. The Bertz CT molecular complexity index is 1130. The van der Waals surface area contributed by atoms with Crippen LogP contribution in [0.25, 0.3) is 11.3 Å². The molecule has 3 heterocycles. The van der Waals surface area contributed by atoms with Crippen LogP contribution in [-0.4, -0.2) is 48.3 Å². The molecule has 0 radical (unpaired) electrons. The minimum absolute atomic E-state index is 0.0825. The molecule has 1 saturated heterocycles. The second-order valence-electron chi connectivity index (χ2n) is 7.65. The van der Waals surface area contributed by atoms with E-state index < -0.39 is 0 Å². The fourth-order valence-corrected chi connectivity index (χ4v) is 3.91. The van der Waals surface area contributed by atoms with Gasteiger partial charge in [-0.3, -0.25) is 9.36 Å². The van der Waals surface area contributed by atoms with Crippen LogP contribution in [0.4, 0.5) is 11.6 Å². The van der Waals surface area contributed by atoms with Crippen molar-refractivity contribution < 1.29 is 14.5 Å². The fraction of sp³-hybridized carbons (Fsp3) is 0.304. The molecule has 0 aliphatic carbocycles. The minimum Gasteiger partial charge on any atom is -0.465 e. The van der Waals surface area contributed by atoms with Crippen LogP contribution in [0, 0.1) is 0 Å². The molecule has 0 bridgehead atoms. The molecule has 1 N–H and O–H groups in total. The van der Waals surface area contributed by atoms with Gasteiger partial charge in [0.05, 0.1) is 18.4 Å². The van der Waals surface area contributed by atoms with E-state index in [1.54, 1.807) is 29.8 Å². The van der Waals surface area contributed by atoms with Gasteiger partial charge in [-0.2, -0.15) is 0 Å². The number of nitrogens with zero attached hydrogens (tertiary/aromatic N) is 4. The predicted octanol–water partition coefficient (Wildman–Crippen LogP) is 1.76. The molecule has 4 rings (SSSR count). The van der Waals surface area contributed by atoms with E-state index in [4.69, 9.17) is 9.72 Å². The first-order valence-corrected chi connectivity index (χ1v) is 10.2. The van der Waals surface area contributed by atoms with Gasteiger partial charge in [-0.15, -0.1) is 0 Å². The molecule has 1 fully saturated rings. The molecule has 0 unspecified atom stereocenters. The number of ether oxygens (including phenoxy) is 1. The van der Waals surface area contributed by atoms with Gasteiger partial charge in [-0.25, -0.2) is 14.8 Å². The van der Waals surface area contributed by atoms with Gasteiger partial charge in [0, 0.05) is 62.2 Å². The van der Waals surface area contributed by atoms with Crippen molar-refractivity contribution in [3.05, 3.63) is 70.8 Å². The Labute approximate surface area is 180 Å². The third kappa shape index (κ3) is 4.14. The Balaban J connectivity index is 1.56. The first-order valence-electron chi connectivity index (χ1n) is 10.2. The molecule has 1 atom stereocenters. The van der Waals surface area contributed by atoms with E-state index in [1.165, 1.54) is 7.11 Å². The summed E-state index contributed by atoms with van der Waals surface area (Å²) in [7, 11) is 3.14. The number of pyridine rings is 1. The van der Waals surface area contributed by atoms with Crippen LogP contribution in [0.15, 0.2) is 59.7 Å². The normalized spacial score (nSPS) is 16.3. The van der Waals surface area contributed by atoms with Gasteiger partial charge in [-0.1, -0.05) is 0 Å². The number of piperazine rings is 1. The van der Waals surface area contributed by atoms with E-state index in [0.29, 0.717) is 17.2 Å². The molecular weight excluding hydrogens is 394 g/mol. The van der Waals surface area contributed by atoms with Crippen molar-refractivity contribution >= 4 is 17.6 Å². The number of carbonyl (C=O) groups is 1. The van der Waals surface area contributed by atoms with Crippen molar-refractivity contribution in [2.75, 3.05) is 36.5 Å². The first-order chi connectivity index (χ1) is 15.0. The number of rotatable bonds is 4.